The molecule has 0 rings (SSSR count). The summed E-state index contributed by atoms with van der Waals surface area (Å²) in [6.45, 7) is 8.32. The van der Waals surface area contributed by atoms with E-state index in [9.17, 15) is 28.8 Å². The highest BCUT2D eigenvalue weighted by atomic mass is 16.6. The molecule has 0 aliphatic rings. The van der Waals surface area contributed by atoms with Crippen LogP contribution in [0, 0.1) is 5.92 Å². The zero-order valence-electron chi connectivity index (χ0n) is 20.2. The normalized spacial score (nSPS) is 9.65. The number of hydrogen-bond acceptors (Lipinski definition) is 12. The molecular formula is C22H31N3O12. The fourth-order valence-electron chi connectivity index (χ4n) is 1.97. The van der Waals surface area contributed by atoms with Gasteiger partial charge in [-0.05, 0) is 0 Å². The van der Waals surface area contributed by atoms with Crippen molar-refractivity contribution in [2.75, 3.05) is 59.3 Å². The van der Waals surface area contributed by atoms with Gasteiger partial charge in [0.2, 0.25) is 0 Å². The van der Waals surface area contributed by atoms with E-state index in [4.69, 9.17) is 28.4 Å². The predicted octanol–water partition coefficient (Wildman–Crippen LogP) is -0.0312. The van der Waals surface area contributed by atoms with Crippen molar-refractivity contribution in [1.29, 1.82) is 0 Å². The first-order chi connectivity index (χ1) is 17.7. The maximum absolute atomic E-state index is 11.8. The standard InChI is InChI=1S/C22H31N3O12/c1-4-17(26)32-10-7-23-20(29)35-13-16(14-36-21(30)24-8-11-33-18(27)5-2)15-37-22(31)25-9-12-34-19(28)6-3/h4-6,16H,1-3,7-15H2,(H,23,29)(H,24,30)(H,25,31). The molecule has 0 saturated carbocycles. The summed E-state index contributed by atoms with van der Waals surface area (Å²) in [5, 5.41) is 7.00. The van der Waals surface area contributed by atoms with Crippen LogP contribution in [-0.2, 0) is 42.8 Å². The van der Waals surface area contributed by atoms with Gasteiger partial charge in [0, 0.05) is 18.2 Å². The zero-order valence-corrected chi connectivity index (χ0v) is 20.2. The van der Waals surface area contributed by atoms with Crippen LogP contribution < -0.4 is 16.0 Å². The Morgan fingerprint density at radius 1 is 0.514 bits per heavy atom. The molecule has 0 unspecified atom stereocenters. The summed E-state index contributed by atoms with van der Waals surface area (Å²) < 4.78 is 29.1. The summed E-state index contributed by atoms with van der Waals surface area (Å²) in [5.41, 5.74) is 0. The van der Waals surface area contributed by atoms with Crippen LogP contribution in [0.4, 0.5) is 14.4 Å². The third-order valence-electron chi connectivity index (χ3n) is 3.70. The predicted molar refractivity (Wildman–Crippen MR) is 125 cm³/mol. The zero-order chi connectivity index (χ0) is 27.9. The first kappa shape index (κ1) is 32.4. The van der Waals surface area contributed by atoms with Crippen molar-refractivity contribution in [3.63, 3.8) is 0 Å². The second-order valence-corrected chi connectivity index (χ2v) is 6.56. The molecule has 0 saturated heterocycles. The van der Waals surface area contributed by atoms with Crippen LogP contribution in [-0.4, -0.2) is 95.5 Å². The maximum Gasteiger partial charge on any atom is 0.407 e. The van der Waals surface area contributed by atoms with Gasteiger partial charge in [-0.3, -0.25) is 0 Å². The molecule has 206 valence electrons. The Labute approximate surface area is 213 Å². The number of carbonyl (C=O) groups is 6. The number of nitrogens with one attached hydrogen (secondary N) is 3. The Morgan fingerprint density at radius 2 is 0.784 bits per heavy atom. The summed E-state index contributed by atoms with van der Waals surface area (Å²) in [4.78, 5) is 68.3. The van der Waals surface area contributed by atoms with E-state index in [1.165, 1.54) is 0 Å². The number of alkyl carbamates (subject to hydrolysis) is 3. The van der Waals surface area contributed by atoms with Crippen molar-refractivity contribution in [3.8, 4) is 0 Å². The van der Waals surface area contributed by atoms with E-state index >= 15 is 0 Å². The molecule has 3 N–H and O–H groups in total. The van der Waals surface area contributed by atoms with Crippen LogP contribution >= 0.6 is 0 Å². The minimum absolute atomic E-state index is 0.0340. The highest BCUT2D eigenvalue weighted by molar-refractivity contribution is 5.81. The van der Waals surface area contributed by atoms with Crippen LogP contribution in [0.25, 0.3) is 0 Å². The van der Waals surface area contributed by atoms with Gasteiger partial charge in [0.15, 0.2) is 0 Å². The molecule has 0 bridgehead atoms. The summed E-state index contributed by atoms with van der Waals surface area (Å²) >= 11 is 0. The molecule has 15 heteroatoms. The molecule has 0 aromatic carbocycles. The minimum atomic E-state index is -0.860. The molecule has 0 aromatic heterocycles. The first-order valence-corrected chi connectivity index (χ1v) is 10.8. The highest BCUT2D eigenvalue weighted by Crippen LogP contribution is 2.02. The minimum Gasteiger partial charge on any atom is -0.461 e. The molecule has 0 spiro atoms. The van der Waals surface area contributed by atoms with E-state index < -0.39 is 42.1 Å². The molecular weight excluding hydrogens is 498 g/mol. The summed E-state index contributed by atoms with van der Waals surface area (Å²) in [6, 6.07) is 0. The second-order valence-electron chi connectivity index (χ2n) is 6.56. The van der Waals surface area contributed by atoms with E-state index in [0.29, 0.717) is 0 Å². The largest absolute Gasteiger partial charge is 0.461 e. The van der Waals surface area contributed by atoms with E-state index in [0.717, 1.165) is 18.2 Å². The average Bonchev–Trinajstić information content (AvgIpc) is 2.90. The molecule has 0 aromatic rings. The third kappa shape index (κ3) is 19.4. The monoisotopic (exact) mass is 529 g/mol. The van der Waals surface area contributed by atoms with Crippen molar-refractivity contribution in [3.05, 3.63) is 38.0 Å². The topological polar surface area (TPSA) is 194 Å². The molecule has 3 amide bonds. The van der Waals surface area contributed by atoms with E-state index in [1.54, 1.807) is 0 Å². The number of esters is 3. The lowest BCUT2D eigenvalue weighted by Gasteiger charge is -2.18. The maximum atomic E-state index is 11.8. The molecule has 0 heterocycles. The Balaban J connectivity index is 4.54. The smallest absolute Gasteiger partial charge is 0.407 e. The lowest BCUT2D eigenvalue weighted by Crippen LogP contribution is -2.35. The van der Waals surface area contributed by atoms with E-state index in [2.05, 4.69) is 35.7 Å². The van der Waals surface area contributed by atoms with Crippen LogP contribution in [0.1, 0.15) is 0 Å². The van der Waals surface area contributed by atoms with Crippen molar-refractivity contribution in [1.82, 2.24) is 16.0 Å². The number of carbonyl (C=O) groups excluding carboxylic acids is 6. The van der Waals surface area contributed by atoms with Crippen LogP contribution in [0.5, 0.6) is 0 Å². The van der Waals surface area contributed by atoms with Crippen molar-refractivity contribution in [2.45, 2.75) is 0 Å². The molecule has 0 atom stereocenters. The lowest BCUT2D eigenvalue weighted by atomic mass is 10.2. The number of ether oxygens (including phenoxy) is 6. The Hall–Kier alpha value is -4.56. The molecule has 0 aliphatic heterocycles. The van der Waals surface area contributed by atoms with E-state index in [-0.39, 0.29) is 59.3 Å². The summed E-state index contributed by atoms with van der Waals surface area (Å²) in [5.74, 6) is -2.73. The number of amides is 3. The Kier molecular flexibility index (Phi) is 18.2. The number of hydrogen-bond donors (Lipinski definition) is 3. The average molecular weight is 529 g/mol. The molecule has 37 heavy (non-hydrogen) atoms. The molecule has 0 aliphatic carbocycles. The van der Waals surface area contributed by atoms with E-state index in [1.807, 2.05) is 0 Å². The lowest BCUT2D eigenvalue weighted by molar-refractivity contribution is -0.138. The quantitative estimate of drug-likeness (QED) is 0.0930. The fourth-order valence-corrected chi connectivity index (χ4v) is 1.97. The van der Waals surface area contributed by atoms with Gasteiger partial charge in [-0.2, -0.15) is 0 Å². The van der Waals surface area contributed by atoms with Gasteiger partial charge >= 0.3 is 36.2 Å². The first-order valence-electron chi connectivity index (χ1n) is 10.8. The summed E-state index contributed by atoms with van der Waals surface area (Å²) in [7, 11) is 0. The van der Waals surface area contributed by atoms with Gasteiger partial charge in [-0.25, -0.2) is 28.8 Å². The highest BCUT2D eigenvalue weighted by Gasteiger charge is 2.18. The van der Waals surface area contributed by atoms with Gasteiger partial charge < -0.3 is 44.4 Å². The summed E-state index contributed by atoms with van der Waals surface area (Å²) in [6.07, 6.45) is 0.329. The molecule has 0 fully saturated rings. The Morgan fingerprint density at radius 3 is 1.03 bits per heavy atom. The van der Waals surface area contributed by atoms with Gasteiger partial charge in [0.05, 0.1) is 25.6 Å². The van der Waals surface area contributed by atoms with Crippen molar-refractivity contribution in [2.24, 2.45) is 5.92 Å². The van der Waals surface area contributed by atoms with Gasteiger partial charge in [0.25, 0.3) is 0 Å². The second kappa shape index (κ2) is 20.8. The number of rotatable bonds is 18. The van der Waals surface area contributed by atoms with Crippen LogP contribution in [0.15, 0.2) is 38.0 Å². The Bertz CT molecular complexity index is 710. The van der Waals surface area contributed by atoms with Gasteiger partial charge in [-0.1, -0.05) is 19.7 Å². The molecule has 15 nitrogen and oxygen atoms in total. The van der Waals surface area contributed by atoms with Gasteiger partial charge in [0.1, 0.15) is 39.6 Å². The van der Waals surface area contributed by atoms with Crippen molar-refractivity contribution < 1.29 is 57.2 Å². The van der Waals surface area contributed by atoms with Crippen LogP contribution in [0.2, 0.25) is 0 Å². The fraction of sp³-hybridized carbons (Fsp3) is 0.455. The van der Waals surface area contributed by atoms with Crippen molar-refractivity contribution >= 4 is 36.2 Å². The third-order valence-corrected chi connectivity index (χ3v) is 3.70. The van der Waals surface area contributed by atoms with Crippen LogP contribution in [0.3, 0.4) is 0 Å². The SMILES string of the molecule is C=CC(=O)OCCNC(=O)OCC(COC(=O)NCCOC(=O)C=C)COC(=O)NCCOC(=O)C=C. The van der Waals surface area contributed by atoms with Gasteiger partial charge in [-0.15, -0.1) is 0 Å². The molecule has 0 radical (unpaired) electrons.